The van der Waals surface area contributed by atoms with Gasteiger partial charge in [0.25, 0.3) is 0 Å². The number of likely N-dealkylation sites (tertiary alicyclic amines) is 1. The Balaban J connectivity index is 1.99. The summed E-state index contributed by atoms with van der Waals surface area (Å²) in [4.78, 5) is 7.00. The van der Waals surface area contributed by atoms with Crippen molar-refractivity contribution in [1.29, 1.82) is 0 Å². The van der Waals surface area contributed by atoms with Crippen molar-refractivity contribution in [3.05, 3.63) is 35.4 Å². The van der Waals surface area contributed by atoms with Crippen LogP contribution in [0.2, 0.25) is 0 Å². The molecule has 0 saturated carbocycles. The SMILES string of the molecule is CC(C)NC(N)=NCc1ccccc1CN1CCCCC1. The highest BCUT2D eigenvalue weighted by atomic mass is 15.1. The van der Waals surface area contributed by atoms with Crippen molar-refractivity contribution in [2.24, 2.45) is 10.7 Å². The Hall–Kier alpha value is -1.55. The lowest BCUT2D eigenvalue weighted by molar-refractivity contribution is 0.220. The van der Waals surface area contributed by atoms with Crippen LogP contribution in [-0.4, -0.2) is 30.0 Å². The third-order valence-corrected chi connectivity index (χ3v) is 3.82. The fourth-order valence-corrected chi connectivity index (χ4v) is 2.74. The predicted octanol–water partition coefficient (Wildman–Crippen LogP) is 2.49. The van der Waals surface area contributed by atoms with E-state index in [1.54, 1.807) is 0 Å². The summed E-state index contributed by atoms with van der Waals surface area (Å²) in [7, 11) is 0. The van der Waals surface area contributed by atoms with Crippen LogP contribution in [-0.2, 0) is 13.1 Å². The van der Waals surface area contributed by atoms with E-state index in [1.807, 2.05) is 0 Å². The lowest BCUT2D eigenvalue weighted by atomic mass is 10.1. The van der Waals surface area contributed by atoms with Gasteiger partial charge in [-0.3, -0.25) is 4.90 Å². The normalized spacial score (nSPS) is 17.2. The van der Waals surface area contributed by atoms with Crippen LogP contribution in [0.25, 0.3) is 0 Å². The van der Waals surface area contributed by atoms with Crippen molar-refractivity contribution < 1.29 is 0 Å². The Morgan fingerprint density at radius 2 is 1.86 bits per heavy atom. The number of piperidine rings is 1. The molecule has 0 aliphatic carbocycles. The molecule has 0 aromatic heterocycles. The minimum Gasteiger partial charge on any atom is -0.370 e. The van der Waals surface area contributed by atoms with E-state index in [-0.39, 0.29) is 0 Å². The first-order chi connectivity index (χ1) is 10.1. The monoisotopic (exact) mass is 288 g/mol. The van der Waals surface area contributed by atoms with E-state index >= 15 is 0 Å². The van der Waals surface area contributed by atoms with E-state index in [2.05, 4.69) is 53.3 Å². The molecule has 1 saturated heterocycles. The van der Waals surface area contributed by atoms with Gasteiger partial charge in [0.15, 0.2) is 5.96 Å². The van der Waals surface area contributed by atoms with Gasteiger partial charge in [0.2, 0.25) is 0 Å². The van der Waals surface area contributed by atoms with E-state index in [0.717, 1.165) is 6.54 Å². The number of hydrogen-bond donors (Lipinski definition) is 2. The molecule has 1 aliphatic heterocycles. The Bertz CT molecular complexity index is 462. The van der Waals surface area contributed by atoms with Gasteiger partial charge < -0.3 is 11.1 Å². The molecule has 4 heteroatoms. The van der Waals surface area contributed by atoms with Crippen LogP contribution in [0.4, 0.5) is 0 Å². The lowest BCUT2D eigenvalue weighted by Gasteiger charge is -2.27. The molecular formula is C17H28N4. The molecule has 21 heavy (non-hydrogen) atoms. The molecule has 2 rings (SSSR count). The number of hydrogen-bond acceptors (Lipinski definition) is 2. The third kappa shape index (κ3) is 5.38. The average Bonchev–Trinajstić information content (AvgIpc) is 2.47. The lowest BCUT2D eigenvalue weighted by Crippen LogP contribution is -2.36. The van der Waals surface area contributed by atoms with Gasteiger partial charge in [-0.05, 0) is 50.9 Å². The van der Waals surface area contributed by atoms with Crippen molar-refractivity contribution in [2.45, 2.75) is 52.2 Å². The Labute approximate surface area is 128 Å². The molecule has 0 unspecified atom stereocenters. The van der Waals surface area contributed by atoms with E-state index in [1.165, 1.54) is 43.5 Å². The van der Waals surface area contributed by atoms with E-state index in [0.29, 0.717) is 18.5 Å². The second-order valence-corrected chi connectivity index (χ2v) is 6.11. The van der Waals surface area contributed by atoms with Gasteiger partial charge in [-0.1, -0.05) is 30.7 Å². The van der Waals surface area contributed by atoms with Crippen molar-refractivity contribution >= 4 is 5.96 Å². The number of benzene rings is 1. The van der Waals surface area contributed by atoms with Gasteiger partial charge in [-0.15, -0.1) is 0 Å². The summed E-state index contributed by atoms with van der Waals surface area (Å²) >= 11 is 0. The molecule has 4 nitrogen and oxygen atoms in total. The summed E-state index contributed by atoms with van der Waals surface area (Å²) in [5.74, 6) is 0.526. The molecule has 0 bridgehead atoms. The van der Waals surface area contributed by atoms with E-state index < -0.39 is 0 Å². The molecule has 0 spiro atoms. The maximum Gasteiger partial charge on any atom is 0.189 e. The van der Waals surface area contributed by atoms with E-state index in [9.17, 15) is 0 Å². The quantitative estimate of drug-likeness (QED) is 0.646. The second kappa shape index (κ2) is 8.03. The van der Waals surface area contributed by atoms with Crippen LogP contribution in [0.5, 0.6) is 0 Å². The summed E-state index contributed by atoms with van der Waals surface area (Å²) < 4.78 is 0. The molecule has 116 valence electrons. The molecule has 1 aromatic rings. The summed E-state index contributed by atoms with van der Waals surface area (Å²) in [6.45, 7) is 8.24. The second-order valence-electron chi connectivity index (χ2n) is 6.11. The van der Waals surface area contributed by atoms with Crippen LogP contribution in [0.15, 0.2) is 29.3 Å². The Morgan fingerprint density at radius 3 is 2.52 bits per heavy atom. The minimum absolute atomic E-state index is 0.317. The molecule has 1 heterocycles. The van der Waals surface area contributed by atoms with Crippen molar-refractivity contribution in [1.82, 2.24) is 10.2 Å². The van der Waals surface area contributed by atoms with Gasteiger partial charge in [0.05, 0.1) is 6.54 Å². The smallest absolute Gasteiger partial charge is 0.189 e. The fourth-order valence-electron chi connectivity index (χ4n) is 2.74. The zero-order valence-electron chi connectivity index (χ0n) is 13.3. The van der Waals surface area contributed by atoms with Crippen LogP contribution < -0.4 is 11.1 Å². The van der Waals surface area contributed by atoms with Gasteiger partial charge >= 0.3 is 0 Å². The van der Waals surface area contributed by atoms with Gasteiger partial charge in [-0.25, -0.2) is 4.99 Å². The highest BCUT2D eigenvalue weighted by Crippen LogP contribution is 2.16. The average molecular weight is 288 g/mol. The van der Waals surface area contributed by atoms with Crippen LogP contribution in [0.3, 0.4) is 0 Å². The topological polar surface area (TPSA) is 53.6 Å². The summed E-state index contributed by atoms with van der Waals surface area (Å²) in [5, 5.41) is 3.13. The molecule has 0 amide bonds. The number of nitrogens with one attached hydrogen (secondary N) is 1. The molecule has 0 radical (unpaired) electrons. The number of guanidine groups is 1. The summed E-state index contributed by atoms with van der Waals surface area (Å²) in [5.41, 5.74) is 8.54. The number of nitrogens with zero attached hydrogens (tertiary/aromatic N) is 2. The highest BCUT2D eigenvalue weighted by Gasteiger charge is 2.12. The van der Waals surface area contributed by atoms with Crippen molar-refractivity contribution in [2.75, 3.05) is 13.1 Å². The van der Waals surface area contributed by atoms with Crippen LogP contribution in [0.1, 0.15) is 44.2 Å². The molecule has 1 aliphatic rings. The first-order valence-electron chi connectivity index (χ1n) is 8.01. The number of rotatable bonds is 5. The van der Waals surface area contributed by atoms with Gasteiger partial charge in [0.1, 0.15) is 0 Å². The Kier molecular flexibility index (Phi) is 6.05. The first kappa shape index (κ1) is 15.8. The van der Waals surface area contributed by atoms with Crippen LogP contribution in [0, 0.1) is 0 Å². The maximum atomic E-state index is 5.89. The summed E-state index contributed by atoms with van der Waals surface area (Å²) in [6.07, 6.45) is 4.02. The van der Waals surface area contributed by atoms with Gasteiger partial charge in [-0.2, -0.15) is 0 Å². The number of aliphatic imine (C=N–C) groups is 1. The van der Waals surface area contributed by atoms with E-state index in [4.69, 9.17) is 5.73 Å². The molecule has 0 atom stereocenters. The largest absolute Gasteiger partial charge is 0.370 e. The van der Waals surface area contributed by atoms with Crippen molar-refractivity contribution in [3.8, 4) is 0 Å². The summed E-state index contributed by atoms with van der Waals surface area (Å²) in [6, 6.07) is 8.88. The molecule has 3 N–H and O–H groups in total. The maximum absolute atomic E-state index is 5.89. The highest BCUT2D eigenvalue weighted by molar-refractivity contribution is 5.78. The predicted molar refractivity (Wildman–Crippen MR) is 89.2 cm³/mol. The third-order valence-electron chi connectivity index (χ3n) is 3.82. The molecular weight excluding hydrogens is 260 g/mol. The zero-order valence-corrected chi connectivity index (χ0v) is 13.3. The van der Waals surface area contributed by atoms with Crippen molar-refractivity contribution in [3.63, 3.8) is 0 Å². The zero-order chi connectivity index (χ0) is 15.1. The minimum atomic E-state index is 0.317. The van der Waals surface area contributed by atoms with Crippen LogP contribution >= 0.6 is 0 Å². The molecule has 1 fully saturated rings. The Morgan fingerprint density at radius 1 is 1.19 bits per heavy atom. The standard InChI is InChI=1S/C17H28N4/c1-14(2)20-17(18)19-12-15-8-4-5-9-16(15)13-21-10-6-3-7-11-21/h4-5,8-9,14H,3,6-7,10-13H2,1-2H3,(H3,18,19,20). The first-order valence-corrected chi connectivity index (χ1v) is 8.01. The fraction of sp³-hybridized carbons (Fsp3) is 0.588. The van der Waals surface area contributed by atoms with Gasteiger partial charge in [0, 0.05) is 12.6 Å². The number of nitrogens with two attached hydrogens (primary N) is 1. The molecule has 1 aromatic carbocycles.